The highest BCUT2D eigenvalue weighted by Crippen LogP contribution is 2.38. The van der Waals surface area contributed by atoms with Crippen LogP contribution in [0.2, 0.25) is 5.02 Å². The van der Waals surface area contributed by atoms with Crippen molar-refractivity contribution in [2.24, 2.45) is 0 Å². The van der Waals surface area contributed by atoms with Crippen LogP contribution in [0.15, 0.2) is 30.3 Å². The van der Waals surface area contributed by atoms with Crippen LogP contribution in [-0.4, -0.2) is 31.2 Å². The van der Waals surface area contributed by atoms with Gasteiger partial charge in [0, 0.05) is 12.1 Å². The first kappa shape index (κ1) is 19.9. The molecule has 0 saturated heterocycles. The summed E-state index contributed by atoms with van der Waals surface area (Å²) < 4.78 is 29.9. The smallest absolute Gasteiger partial charge is 0.339 e. The van der Waals surface area contributed by atoms with Crippen LogP contribution in [0.3, 0.4) is 0 Å². The van der Waals surface area contributed by atoms with Gasteiger partial charge in [0.15, 0.2) is 17.6 Å². The van der Waals surface area contributed by atoms with Crippen molar-refractivity contribution in [1.29, 1.82) is 0 Å². The summed E-state index contributed by atoms with van der Waals surface area (Å²) in [6, 6.07) is 7.17. The monoisotopic (exact) mass is 407 g/mol. The molecule has 0 unspecified atom stereocenters. The lowest BCUT2D eigenvalue weighted by Crippen LogP contribution is -2.30. The number of fused-ring (bicyclic) bond motifs is 1. The molecule has 1 atom stereocenters. The van der Waals surface area contributed by atoms with E-state index in [2.05, 4.69) is 5.32 Å². The minimum Gasteiger partial charge on any atom is -0.489 e. The van der Waals surface area contributed by atoms with Gasteiger partial charge in [-0.3, -0.25) is 4.79 Å². The number of aryl methyl sites for hydroxylation is 1. The molecule has 1 amide bonds. The lowest BCUT2D eigenvalue weighted by molar-refractivity contribution is -0.123. The van der Waals surface area contributed by atoms with E-state index in [-0.39, 0.29) is 16.3 Å². The Hall–Kier alpha value is -2.80. The van der Waals surface area contributed by atoms with Gasteiger partial charge in [0.05, 0.1) is 23.8 Å². The number of esters is 1. The summed E-state index contributed by atoms with van der Waals surface area (Å²) in [5, 5.41) is 2.73. The third-order valence-corrected chi connectivity index (χ3v) is 4.41. The van der Waals surface area contributed by atoms with Crippen LogP contribution in [0.5, 0.6) is 11.5 Å². The quantitative estimate of drug-likeness (QED) is 0.771. The minimum absolute atomic E-state index is 0.135. The normalized spacial score (nSPS) is 14.0. The summed E-state index contributed by atoms with van der Waals surface area (Å²) >= 11 is 6.17. The highest BCUT2D eigenvalue weighted by Gasteiger charge is 2.23. The van der Waals surface area contributed by atoms with E-state index in [1.165, 1.54) is 25.1 Å². The SMILES string of the molecule is Cc1ccc(NC(=O)[C@H](C)OC(=O)c2cc(Cl)c3c(c2)OCCCO3)cc1F. The Morgan fingerprint density at radius 3 is 2.71 bits per heavy atom. The number of nitrogens with one attached hydrogen (secondary N) is 1. The molecule has 148 valence electrons. The maximum atomic E-state index is 13.6. The number of ether oxygens (including phenoxy) is 3. The molecular formula is C20H19ClFNO5. The van der Waals surface area contributed by atoms with Crippen LogP contribution in [-0.2, 0) is 9.53 Å². The fourth-order valence-corrected chi connectivity index (χ4v) is 2.81. The molecule has 0 radical (unpaired) electrons. The molecule has 0 spiro atoms. The Balaban J connectivity index is 1.68. The highest BCUT2D eigenvalue weighted by atomic mass is 35.5. The summed E-state index contributed by atoms with van der Waals surface area (Å²) in [6.07, 6.45) is -0.409. The molecule has 0 aromatic heterocycles. The molecule has 0 saturated carbocycles. The van der Waals surface area contributed by atoms with E-state index in [9.17, 15) is 14.0 Å². The third kappa shape index (κ3) is 4.54. The van der Waals surface area contributed by atoms with Gasteiger partial charge in [-0.15, -0.1) is 0 Å². The van der Waals surface area contributed by atoms with Crippen LogP contribution in [0.1, 0.15) is 29.3 Å². The lowest BCUT2D eigenvalue weighted by Gasteiger charge is -2.15. The lowest BCUT2D eigenvalue weighted by atomic mass is 10.2. The van der Waals surface area contributed by atoms with Gasteiger partial charge in [0.1, 0.15) is 5.82 Å². The Bertz CT molecular complexity index is 918. The van der Waals surface area contributed by atoms with E-state index in [4.69, 9.17) is 25.8 Å². The molecule has 0 fully saturated rings. The molecule has 6 nitrogen and oxygen atoms in total. The maximum Gasteiger partial charge on any atom is 0.339 e. The molecule has 1 aliphatic heterocycles. The first-order valence-corrected chi connectivity index (χ1v) is 9.10. The molecule has 1 aliphatic rings. The number of carbonyl (C=O) groups is 2. The van der Waals surface area contributed by atoms with E-state index < -0.39 is 23.8 Å². The number of anilines is 1. The summed E-state index contributed by atoms with van der Waals surface area (Å²) in [7, 11) is 0. The van der Waals surface area contributed by atoms with Gasteiger partial charge in [-0.2, -0.15) is 0 Å². The standard InChI is InChI=1S/C20H19ClFNO5/c1-11-4-5-14(10-16(11)22)23-19(24)12(2)28-20(25)13-8-15(21)18-17(9-13)26-6-3-7-27-18/h4-5,8-10,12H,3,6-7H2,1-2H3,(H,23,24)/t12-/m0/s1. The average Bonchev–Trinajstić information content (AvgIpc) is 2.90. The molecule has 1 N–H and O–H groups in total. The molecule has 28 heavy (non-hydrogen) atoms. The van der Waals surface area contributed by atoms with E-state index >= 15 is 0 Å². The second-order valence-electron chi connectivity index (χ2n) is 6.34. The highest BCUT2D eigenvalue weighted by molar-refractivity contribution is 6.32. The van der Waals surface area contributed by atoms with Crippen molar-refractivity contribution < 1.29 is 28.2 Å². The number of halogens is 2. The molecule has 2 aromatic rings. The Labute approximate surface area is 166 Å². The molecule has 0 bridgehead atoms. The number of hydrogen-bond donors (Lipinski definition) is 1. The summed E-state index contributed by atoms with van der Waals surface area (Å²) in [6.45, 7) is 3.94. The Morgan fingerprint density at radius 2 is 1.96 bits per heavy atom. The number of benzene rings is 2. The predicted octanol–water partition coefficient (Wildman–Crippen LogP) is 4.13. The van der Waals surface area contributed by atoms with Crippen molar-refractivity contribution >= 4 is 29.2 Å². The Kier molecular flexibility index (Phi) is 6.04. The average molecular weight is 408 g/mol. The van der Waals surface area contributed by atoms with Gasteiger partial charge in [-0.25, -0.2) is 9.18 Å². The maximum absolute atomic E-state index is 13.6. The topological polar surface area (TPSA) is 73.9 Å². The van der Waals surface area contributed by atoms with E-state index in [0.717, 1.165) is 0 Å². The van der Waals surface area contributed by atoms with Crippen molar-refractivity contribution in [3.63, 3.8) is 0 Å². The van der Waals surface area contributed by atoms with Gasteiger partial charge in [0.2, 0.25) is 0 Å². The summed E-state index contributed by atoms with van der Waals surface area (Å²) in [4.78, 5) is 24.7. The zero-order chi connectivity index (χ0) is 20.3. The van der Waals surface area contributed by atoms with Gasteiger partial charge < -0.3 is 19.5 Å². The summed E-state index contributed by atoms with van der Waals surface area (Å²) in [5.74, 6) is -1.04. The van der Waals surface area contributed by atoms with E-state index in [1.54, 1.807) is 19.1 Å². The fraction of sp³-hybridized carbons (Fsp3) is 0.300. The van der Waals surface area contributed by atoms with Crippen LogP contribution < -0.4 is 14.8 Å². The fourth-order valence-electron chi connectivity index (χ4n) is 2.55. The Morgan fingerprint density at radius 1 is 1.21 bits per heavy atom. The number of hydrogen-bond acceptors (Lipinski definition) is 5. The first-order valence-electron chi connectivity index (χ1n) is 8.72. The zero-order valence-corrected chi connectivity index (χ0v) is 16.1. The van der Waals surface area contributed by atoms with Crippen LogP contribution in [0.25, 0.3) is 0 Å². The molecule has 1 heterocycles. The van der Waals surface area contributed by atoms with Gasteiger partial charge in [0.25, 0.3) is 5.91 Å². The van der Waals surface area contributed by atoms with E-state index in [1.807, 2.05) is 0 Å². The number of carbonyl (C=O) groups excluding carboxylic acids is 2. The van der Waals surface area contributed by atoms with Crippen LogP contribution in [0, 0.1) is 12.7 Å². The van der Waals surface area contributed by atoms with Crippen LogP contribution in [0.4, 0.5) is 10.1 Å². The second kappa shape index (κ2) is 8.48. The van der Waals surface area contributed by atoms with Crippen molar-refractivity contribution in [1.82, 2.24) is 0 Å². The molecule has 3 rings (SSSR count). The van der Waals surface area contributed by atoms with Crippen molar-refractivity contribution in [3.8, 4) is 11.5 Å². The molecule has 0 aliphatic carbocycles. The molecular weight excluding hydrogens is 389 g/mol. The van der Waals surface area contributed by atoms with Crippen molar-refractivity contribution in [3.05, 3.63) is 52.3 Å². The van der Waals surface area contributed by atoms with Crippen LogP contribution >= 0.6 is 11.6 Å². The first-order chi connectivity index (χ1) is 13.3. The van der Waals surface area contributed by atoms with Crippen molar-refractivity contribution in [2.45, 2.75) is 26.4 Å². The van der Waals surface area contributed by atoms with Crippen molar-refractivity contribution in [2.75, 3.05) is 18.5 Å². The molecule has 8 heteroatoms. The largest absolute Gasteiger partial charge is 0.489 e. The van der Waals surface area contributed by atoms with Gasteiger partial charge in [-0.1, -0.05) is 17.7 Å². The number of amides is 1. The summed E-state index contributed by atoms with van der Waals surface area (Å²) in [5.41, 5.74) is 0.869. The third-order valence-electron chi connectivity index (χ3n) is 4.13. The van der Waals surface area contributed by atoms with E-state index in [0.29, 0.717) is 36.7 Å². The zero-order valence-electron chi connectivity index (χ0n) is 15.4. The minimum atomic E-state index is -1.10. The predicted molar refractivity (Wildman–Crippen MR) is 102 cm³/mol. The second-order valence-corrected chi connectivity index (χ2v) is 6.74. The number of rotatable bonds is 4. The van der Waals surface area contributed by atoms with Gasteiger partial charge in [-0.05, 0) is 43.7 Å². The molecule has 2 aromatic carbocycles. The van der Waals surface area contributed by atoms with Gasteiger partial charge >= 0.3 is 5.97 Å².